The summed E-state index contributed by atoms with van der Waals surface area (Å²) in [6, 6.07) is 6.99. The van der Waals surface area contributed by atoms with Crippen LogP contribution in [0.15, 0.2) is 24.3 Å². The third-order valence-corrected chi connectivity index (χ3v) is 3.21. The van der Waals surface area contributed by atoms with Crippen LogP contribution in [0.5, 0.6) is 0 Å². The number of nitrogens with one attached hydrogen (secondary N) is 2. The minimum atomic E-state index is -0.226. The second-order valence-electron chi connectivity index (χ2n) is 6.55. The van der Waals surface area contributed by atoms with Crippen LogP contribution in [0.2, 0.25) is 0 Å². The summed E-state index contributed by atoms with van der Waals surface area (Å²) in [6.07, 6.45) is 2.27. The van der Waals surface area contributed by atoms with E-state index < -0.39 is 0 Å². The van der Waals surface area contributed by atoms with Crippen LogP contribution in [0.1, 0.15) is 50.4 Å². The molecule has 2 amide bonds. The molecule has 1 aromatic carbocycles. The molecule has 0 spiro atoms. The molecule has 0 saturated carbocycles. The highest BCUT2D eigenvalue weighted by atomic mass is 35.5. The van der Waals surface area contributed by atoms with Crippen molar-refractivity contribution in [3.05, 3.63) is 29.8 Å². The zero-order chi connectivity index (χ0) is 16.6. The van der Waals surface area contributed by atoms with Gasteiger partial charge in [0.05, 0.1) is 11.3 Å². The molecule has 130 valence electrons. The summed E-state index contributed by atoms with van der Waals surface area (Å²) < 4.78 is 0. The maximum absolute atomic E-state index is 12.0. The van der Waals surface area contributed by atoms with Crippen LogP contribution in [0.4, 0.5) is 5.69 Å². The minimum Gasteiger partial charge on any atom is -0.351 e. The summed E-state index contributed by atoms with van der Waals surface area (Å²) in [5.74, 6) is -0.292. The van der Waals surface area contributed by atoms with Gasteiger partial charge in [-0.1, -0.05) is 32.9 Å². The lowest BCUT2D eigenvalue weighted by Crippen LogP contribution is -2.30. The van der Waals surface area contributed by atoms with E-state index in [4.69, 9.17) is 5.73 Å². The predicted molar refractivity (Wildman–Crippen MR) is 97.0 cm³/mol. The molecule has 0 aromatic heterocycles. The molecule has 0 radical (unpaired) electrons. The van der Waals surface area contributed by atoms with Crippen LogP contribution in [0.25, 0.3) is 0 Å². The number of benzene rings is 1. The fourth-order valence-electron chi connectivity index (χ4n) is 2.06. The molecule has 23 heavy (non-hydrogen) atoms. The molecule has 0 atom stereocenters. The molecular formula is C17H28ClN3O2. The molecule has 4 N–H and O–H groups in total. The number of halogens is 1. The Morgan fingerprint density at radius 3 is 2.43 bits per heavy atom. The lowest BCUT2D eigenvalue weighted by Gasteiger charge is -2.17. The fourth-order valence-corrected chi connectivity index (χ4v) is 2.06. The number of anilines is 1. The van der Waals surface area contributed by atoms with Crippen molar-refractivity contribution in [2.75, 3.05) is 18.4 Å². The molecule has 1 rings (SSSR count). The molecule has 0 aliphatic rings. The molecule has 0 bridgehead atoms. The molecule has 0 unspecified atom stereocenters. The van der Waals surface area contributed by atoms with E-state index in [1.807, 2.05) is 0 Å². The number of nitrogens with two attached hydrogens (primary N) is 1. The number of hydrogen-bond donors (Lipinski definition) is 3. The molecular weight excluding hydrogens is 314 g/mol. The Morgan fingerprint density at radius 2 is 1.83 bits per heavy atom. The number of hydrogen-bond acceptors (Lipinski definition) is 3. The SMILES string of the molecule is CC(C)(C)CCCC(=O)Nc1ccccc1C(=O)NCCN.Cl. The summed E-state index contributed by atoms with van der Waals surface area (Å²) in [5, 5.41) is 5.53. The van der Waals surface area contributed by atoms with Crippen molar-refractivity contribution in [1.82, 2.24) is 5.32 Å². The van der Waals surface area contributed by atoms with Crippen molar-refractivity contribution in [2.24, 2.45) is 11.1 Å². The van der Waals surface area contributed by atoms with Gasteiger partial charge < -0.3 is 16.4 Å². The Bertz CT molecular complexity index is 513. The number of carbonyl (C=O) groups is 2. The van der Waals surface area contributed by atoms with Crippen molar-refractivity contribution >= 4 is 29.9 Å². The zero-order valence-electron chi connectivity index (χ0n) is 14.1. The lowest BCUT2D eigenvalue weighted by molar-refractivity contribution is -0.116. The Morgan fingerprint density at radius 1 is 1.17 bits per heavy atom. The van der Waals surface area contributed by atoms with Gasteiger partial charge in [0, 0.05) is 19.5 Å². The molecule has 0 fully saturated rings. The third kappa shape index (κ3) is 8.57. The summed E-state index contributed by atoms with van der Waals surface area (Å²) in [7, 11) is 0. The fraction of sp³-hybridized carbons (Fsp3) is 0.529. The smallest absolute Gasteiger partial charge is 0.253 e. The van der Waals surface area contributed by atoms with Gasteiger partial charge in [0.25, 0.3) is 5.91 Å². The molecule has 6 heteroatoms. The van der Waals surface area contributed by atoms with E-state index in [0.29, 0.717) is 30.8 Å². The van der Waals surface area contributed by atoms with E-state index in [9.17, 15) is 9.59 Å². The Balaban J connectivity index is 0.00000484. The average Bonchev–Trinajstić information content (AvgIpc) is 2.44. The van der Waals surface area contributed by atoms with Gasteiger partial charge in [0.1, 0.15) is 0 Å². The van der Waals surface area contributed by atoms with Crippen LogP contribution < -0.4 is 16.4 Å². The van der Waals surface area contributed by atoms with Gasteiger partial charge in [-0.25, -0.2) is 0 Å². The average molecular weight is 342 g/mol. The van der Waals surface area contributed by atoms with Gasteiger partial charge in [-0.15, -0.1) is 12.4 Å². The maximum atomic E-state index is 12.0. The lowest BCUT2D eigenvalue weighted by atomic mass is 9.90. The molecule has 1 aromatic rings. The first-order chi connectivity index (χ1) is 10.3. The van der Waals surface area contributed by atoms with Gasteiger partial charge in [0.2, 0.25) is 5.91 Å². The zero-order valence-corrected chi connectivity index (χ0v) is 15.0. The predicted octanol–water partition coefficient (Wildman–Crippen LogP) is 2.95. The largest absolute Gasteiger partial charge is 0.351 e. The highest BCUT2D eigenvalue weighted by Gasteiger charge is 2.14. The number of para-hydroxylation sites is 1. The number of rotatable bonds is 7. The van der Waals surface area contributed by atoms with Crippen LogP contribution in [-0.2, 0) is 4.79 Å². The monoisotopic (exact) mass is 341 g/mol. The minimum absolute atomic E-state index is 0. The highest BCUT2D eigenvalue weighted by molar-refractivity contribution is 6.03. The van der Waals surface area contributed by atoms with Crippen molar-refractivity contribution < 1.29 is 9.59 Å². The standard InChI is InChI=1S/C17H27N3O2.ClH/c1-17(2,3)10-6-9-15(21)20-14-8-5-4-7-13(14)16(22)19-12-11-18;/h4-5,7-8H,6,9-12,18H2,1-3H3,(H,19,22)(H,20,21);1H. The third-order valence-electron chi connectivity index (χ3n) is 3.21. The van der Waals surface area contributed by atoms with E-state index in [2.05, 4.69) is 31.4 Å². The van der Waals surface area contributed by atoms with Crippen LogP contribution in [0.3, 0.4) is 0 Å². The van der Waals surface area contributed by atoms with Crippen molar-refractivity contribution in [3.8, 4) is 0 Å². The van der Waals surface area contributed by atoms with E-state index in [1.54, 1.807) is 24.3 Å². The van der Waals surface area contributed by atoms with E-state index in [0.717, 1.165) is 12.8 Å². The second kappa shape index (κ2) is 10.2. The molecule has 0 aliphatic heterocycles. The van der Waals surface area contributed by atoms with E-state index in [1.165, 1.54) is 0 Å². The van der Waals surface area contributed by atoms with Crippen molar-refractivity contribution in [2.45, 2.75) is 40.0 Å². The molecule has 0 aliphatic carbocycles. The Labute approximate surface area is 144 Å². The van der Waals surface area contributed by atoms with Gasteiger partial charge in [-0.3, -0.25) is 9.59 Å². The van der Waals surface area contributed by atoms with Crippen molar-refractivity contribution in [1.29, 1.82) is 0 Å². The first-order valence-electron chi connectivity index (χ1n) is 7.70. The second-order valence-corrected chi connectivity index (χ2v) is 6.55. The summed E-state index contributed by atoms with van der Waals surface area (Å²) in [6.45, 7) is 7.26. The first-order valence-corrected chi connectivity index (χ1v) is 7.70. The van der Waals surface area contributed by atoms with Gasteiger partial charge in [-0.2, -0.15) is 0 Å². The Kier molecular flexibility index (Phi) is 9.53. The van der Waals surface area contributed by atoms with Crippen LogP contribution >= 0.6 is 12.4 Å². The van der Waals surface area contributed by atoms with Crippen LogP contribution in [0, 0.1) is 5.41 Å². The van der Waals surface area contributed by atoms with Gasteiger partial charge >= 0.3 is 0 Å². The summed E-state index contributed by atoms with van der Waals surface area (Å²) >= 11 is 0. The molecule has 5 nitrogen and oxygen atoms in total. The number of amides is 2. The van der Waals surface area contributed by atoms with Crippen LogP contribution in [-0.4, -0.2) is 24.9 Å². The highest BCUT2D eigenvalue weighted by Crippen LogP contribution is 2.22. The summed E-state index contributed by atoms with van der Waals surface area (Å²) in [5.41, 5.74) is 6.60. The normalized spacial score (nSPS) is 10.6. The molecule has 0 heterocycles. The Hall–Kier alpha value is -1.59. The summed E-state index contributed by atoms with van der Waals surface area (Å²) in [4.78, 5) is 24.1. The van der Waals surface area contributed by atoms with Crippen molar-refractivity contribution in [3.63, 3.8) is 0 Å². The van der Waals surface area contributed by atoms with E-state index in [-0.39, 0.29) is 29.6 Å². The topological polar surface area (TPSA) is 84.2 Å². The molecule has 0 saturated heterocycles. The van der Waals surface area contributed by atoms with E-state index >= 15 is 0 Å². The van der Waals surface area contributed by atoms with Gasteiger partial charge in [-0.05, 0) is 30.4 Å². The number of carbonyl (C=O) groups excluding carboxylic acids is 2. The van der Waals surface area contributed by atoms with Gasteiger partial charge in [0.15, 0.2) is 0 Å². The maximum Gasteiger partial charge on any atom is 0.253 e. The first kappa shape index (κ1) is 21.4. The quantitative estimate of drug-likeness (QED) is 0.712.